The number of benzene rings is 2. The van der Waals surface area contributed by atoms with E-state index in [0.29, 0.717) is 24.4 Å². The number of rotatable bonds is 6. The van der Waals surface area contributed by atoms with Gasteiger partial charge < -0.3 is 9.64 Å². The maximum absolute atomic E-state index is 13.2. The standard InChI is InChI=1S/C22H25N3O3/c1-4-24(16(2)17-9-8-12-19(15-17)28-3)22(27)20-13-14-21(26)25(23-20)18-10-6-5-7-11-18/h5-12,15-16H,4,13-14H2,1-3H3. The number of hydrogen-bond acceptors (Lipinski definition) is 4. The van der Waals surface area contributed by atoms with Crippen LogP contribution in [0.1, 0.15) is 38.3 Å². The summed E-state index contributed by atoms with van der Waals surface area (Å²) in [6.45, 7) is 4.47. The predicted molar refractivity (Wildman–Crippen MR) is 109 cm³/mol. The van der Waals surface area contributed by atoms with E-state index in [1.54, 1.807) is 12.0 Å². The number of para-hydroxylation sites is 1. The van der Waals surface area contributed by atoms with Crippen molar-refractivity contribution in [2.45, 2.75) is 32.7 Å². The number of carbonyl (C=O) groups excluding carboxylic acids is 2. The Kier molecular flexibility index (Phi) is 6.09. The first-order valence-electron chi connectivity index (χ1n) is 9.45. The highest BCUT2D eigenvalue weighted by Gasteiger charge is 2.30. The van der Waals surface area contributed by atoms with E-state index in [-0.39, 0.29) is 24.3 Å². The summed E-state index contributed by atoms with van der Waals surface area (Å²) < 4.78 is 5.30. The lowest BCUT2D eigenvalue weighted by Gasteiger charge is -2.31. The van der Waals surface area contributed by atoms with Gasteiger partial charge >= 0.3 is 0 Å². The fourth-order valence-electron chi connectivity index (χ4n) is 3.32. The molecule has 146 valence electrons. The zero-order valence-electron chi connectivity index (χ0n) is 16.5. The molecule has 0 radical (unpaired) electrons. The molecule has 0 aromatic heterocycles. The molecule has 28 heavy (non-hydrogen) atoms. The lowest BCUT2D eigenvalue weighted by molar-refractivity contribution is -0.126. The van der Waals surface area contributed by atoms with E-state index in [1.165, 1.54) is 5.01 Å². The third kappa shape index (κ3) is 4.06. The van der Waals surface area contributed by atoms with Gasteiger partial charge in [-0.05, 0) is 43.7 Å². The number of nitrogens with zero attached hydrogens (tertiary/aromatic N) is 3. The number of carbonyl (C=O) groups is 2. The number of anilines is 1. The molecule has 2 aromatic carbocycles. The summed E-state index contributed by atoms with van der Waals surface area (Å²) in [7, 11) is 1.62. The van der Waals surface area contributed by atoms with Gasteiger partial charge in [0.25, 0.3) is 5.91 Å². The lowest BCUT2D eigenvalue weighted by atomic mass is 10.0. The van der Waals surface area contributed by atoms with Gasteiger partial charge in [-0.1, -0.05) is 30.3 Å². The minimum absolute atomic E-state index is 0.105. The number of amides is 2. The minimum Gasteiger partial charge on any atom is -0.497 e. The molecule has 2 aromatic rings. The molecule has 0 fully saturated rings. The van der Waals surface area contributed by atoms with Crippen LogP contribution in [0.3, 0.4) is 0 Å². The van der Waals surface area contributed by atoms with Gasteiger partial charge in [-0.15, -0.1) is 0 Å². The van der Waals surface area contributed by atoms with E-state index in [1.807, 2.05) is 68.4 Å². The monoisotopic (exact) mass is 379 g/mol. The Bertz CT molecular complexity index is 880. The van der Waals surface area contributed by atoms with Crippen molar-refractivity contribution in [3.8, 4) is 5.75 Å². The molecule has 0 saturated carbocycles. The third-order valence-electron chi connectivity index (χ3n) is 4.93. The summed E-state index contributed by atoms with van der Waals surface area (Å²) in [4.78, 5) is 27.3. The number of ether oxygens (including phenoxy) is 1. The van der Waals surface area contributed by atoms with Crippen molar-refractivity contribution < 1.29 is 14.3 Å². The molecular formula is C22H25N3O3. The van der Waals surface area contributed by atoms with E-state index in [0.717, 1.165) is 11.3 Å². The largest absolute Gasteiger partial charge is 0.497 e. The molecule has 1 atom stereocenters. The van der Waals surface area contributed by atoms with Gasteiger partial charge in [0.2, 0.25) is 5.91 Å². The van der Waals surface area contributed by atoms with E-state index < -0.39 is 0 Å². The van der Waals surface area contributed by atoms with Gasteiger partial charge in [-0.2, -0.15) is 5.10 Å². The molecule has 0 N–H and O–H groups in total. The summed E-state index contributed by atoms with van der Waals surface area (Å²) >= 11 is 0. The van der Waals surface area contributed by atoms with Crippen molar-refractivity contribution in [2.24, 2.45) is 5.10 Å². The second-order valence-electron chi connectivity index (χ2n) is 6.63. The molecule has 1 aliphatic heterocycles. The Morgan fingerprint density at radius 3 is 2.61 bits per heavy atom. The van der Waals surface area contributed by atoms with E-state index in [2.05, 4.69) is 5.10 Å². The molecule has 1 unspecified atom stereocenters. The van der Waals surface area contributed by atoms with Gasteiger partial charge in [0, 0.05) is 19.4 Å². The maximum Gasteiger partial charge on any atom is 0.270 e. The summed E-state index contributed by atoms with van der Waals surface area (Å²) in [5, 5.41) is 5.73. The van der Waals surface area contributed by atoms with Gasteiger partial charge in [-0.25, -0.2) is 5.01 Å². The Morgan fingerprint density at radius 2 is 1.93 bits per heavy atom. The molecular weight excluding hydrogens is 354 g/mol. The summed E-state index contributed by atoms with van der Waals surface area (Å²) in [5.74, 6) is 0.501. The van der Waals surface area contributed by atoms with Crippen LogP contribution in [0, 0.1) is 0 Å². The van der Waals surface area contributed by atoms with Crippen molar-refractivity contribution in [1.29, 1.82) is 0 Å². The van der Waals surface area contributed by atoms with E-state index in [4.69, 9.17) is 4.74 Å². The molecule has 6 nitrogen and oxygen atoms in total. The molecule has 0 saturated heterocycles. The van der Waals surface area contributed by atoms with Crippen molar-refractivity contribution >= 4 is 23.2 Å². The zero-order chi connectivity index (χ0) is 20.1. The molecule has 1 heterocycles. The fourth-order valence-corrected chi connectivity index (χ4v) is 3.32. The number of hydrazone groups is 1. The molecule has 1 aliphatic rings. The Balaban J connectivity index is 1.86. The van der Waals surface area contributed by atoms with Crippen molar-refractivity contribution in [1.82, 2.24) is 4.90 Å². The average Bonchev–Trinajstić information content (AvgIpc) is 2.75. The second kappa shape index (κ2) is 8.69. The molecule has 6 heteroatoms. The maximum atomic E-state index is 13.2. The van der Waals surface area contributed by atoms with Crippen LogP contribution >= 0.6 is 0 Å². The highest BCUT2D eigenvalue weighted by atomic mass is 16.5. The first-order chi connectivity index (χ1) is 13.5. The van der Waals surface area contributed by atoms with Crippen LogP contribution in [-0.2, 0) is 9.59 Å². The number of hydrogen-bond donors (Lipinski definition) is 0. The normalized spacial score (nSPS) is 15.0. The van der Waals surface area contributed by atoms with Crippen molar-refractivity contribution in [2.75, 3.05) is 18.7 Å². The number of methoxy groups -OCH3 is 1. The topological polar surface area (TPSA) is 62.2 Å². The fraction of sp³-hybridized carbons (Fsp3) is 0.318. The van der Waals surface area contributed by atoms with Crippen LogP contribution in [0.15, 0.2) is 59.7 Å². The zero-order valence-corrected chi connectivity index (χ0v) is 16.5. The molecule has 0 spiro atoms. The first kappa shape index (κ1) is 19.6. The Hall–Kier alpha value is -3.15. The van der Waals surface area contributed by atoms with Gasteiger partial charge in [-0.3, -0.25) is 9.59 Å². The smallest absolute Gasteiger partial charge is 0.270 e. The quantitative estimate of drug-likeness (QED) is 0.767. The van der Waals surface area contributed by atoms with Crippen LogP contribution in [0.4, 0.5) is 5.69 Å². The highest BCUT2D eigenvalue weighted by Crippen LogP contribution is 2.26. The highest BCUT2D eigenvalue weighted by molar-refractivity contribution is 6.40. The molecule has 3 rings (SSSR count). The summed E-state index contributed by atoms with van der Waals surface area (Å²) in [6, 6.07) is 16.8. The third-order valence-corrected chi connectivity index (χ3v) is 4.93. The second-order valence-corrected chi connectivity index (χ2v) is 6.63. The summed E-state index contributed by atoms with van der Waals surface area (Å²) in [6.07, 6.45) is 0.618. The van der Waals surface area contributed by atoms with Gasteiger partial charge in [0.15, 0.2) is 0 Å². The SMILES string of the molecule is CCN(C(=O)C1=NN(c2ccccc2)C(=O)CC1)C(C)c1cccc(OC)c1. The summed E-state index contributed by atoms with van der Waals surface area (Å²) in [5.41, 5.74) is 2.06. The molecule has 0 aliphatic carbocycles. The van der Waals surface area contributed by atoms with Crippen LogP contribution in [0.2, 0.25) is 0 Å². The van der Waals surface area contributed by atoms with E-state index >= 15 is 0 Å². The Morgan fingerprint density at radius 1 is 1.18 bits per heavy atom. The first-order valence-corrected chi connectivity index (χ1v) is 9.45. The Labute approximate surface area is 165 Å². The van der Waals surface area contributed by atoms with Crippen molar-refractivity contribution in [3.05, 3.63) is 60.2 Å². The van der Waals surface area contributed by atoms with Crippen LogP contribution < -0.4 is 9.75 Å². The van der Waals surface area contributed by atoms with Crippen molar-refractivity contribution in [3.63, 3.8) is 0 Å². The van der Waals surface area contributed by atoms with Gasteiger partial charge in [0.1, 0.15) is 11.5 Å². The van der Waals surface area contributed by atoms with Crippen LogP contribution in [-0.4, -0.2) is 36.1 Å². The lowest BCUT2D eigenvalue weighted by Crippen LogP contribution is -2.42. The van der Waals surface area contributed by atoms with Gasteiger partial charge in [0.05, 0.1) is 18.8 Å². The van der Waals surface area contributed by atoms with E-state index in [9.17, 15) is 9.59 Å². The molecule has 2 amide bonds. The molecule has 0 bridgehead atoms. The average molecular weight is 379 g/mol. The van der Waals surface area contributed by atoms with Crippen LogP contribution in [0.25, 0.3) is 0 Å². The predicted octanol–water partition coefficient (Wildman–Crippen LogP) is 3.79. The minimum atomic E-state index is -0.147. The van der Waals surface area contributed by atoms with Crippen LogP contribution in [0.5, 0.6) is 5.75 Å².